The van der Waals surface area contributed by atoms with Gasteiger partial charge < -0.3 is 10.1 Å². The van der Waals surface area contributed by atoms with E-state index in [1.54, 1.807) is 0 Å². The fourth-order valence-electron chi connectivity index (χ4n) is 2.32. The molecule has 1 N–H and O–H groups in total. The largest absolute Gasteiger partial charge is 0.451 e. The number of hydrogen-bond donors (Lipinski definition) is 1. The number of rotatable bonds is 5. The Labute approximate surface area is 127 Å². The maximum atomic E-state index is 11.9. The highest BCUT2D eigenvalue weighted by atomic mass is 32.1. The van der Waals surface area contributed by atoms with Gasteiger partial charge in [0.2, 0.25) is 0 Å². The van der Waals surface area contributed by atoms with Crippen molar-refractivity contribution in [1.29, 1.82) is 5.26 Å². The lowest BCUT2D eigenvalue weighted by atomic mass is 9.90. The summed E-state index contributed by atoms with van der Waals surface area (Å²) in [5.74, 6) is -0.173. The number of hydrogen-bond acceptors (Lipinski definition) is 5. The predicted octanol–water partition coefficient (Wildman–Crippen LogP) is 2.06. The smallest absolute Gasteiger partial charge is 0.348 e. The number of nitrogens with zero attached hydrogens (tertiary/aromatic N) is 1. The molecule has 6 heteroatoms. The summed E-state index contributed by atoms with van der Waals surface area (Å²) < 4.78 is 5.00. The van der Waals surface area contributed by atoms with E-state index in [0.29, 0.717) is 10.8 Å². The summed E-state index contributed by atoms with van der Waals surface area (Å²) in [5, 5.41) is 10.9. The average Bonchev–Trinajstić information content (AvgIpc) is 2.88. The van der Waals surface area contributed by atoms with Crippen LogP contribution in [0.15, 0.2) is 6.07 Å². The van der Waals surface area contributed by atoms with Crippen molar-refractivity contribution in [2.75, 3.05) is 13.2 Å². The van der Waals surface area contributed by atoms with Crippen LogP contribution in [0.2, 0.25) is 0 Å². The number of carbonyl (C=O) groups is 2. The highest BCUT2D eigenvalue weighted by Crippen LogP contribution is 2.32. The standard InChI is InChI=1S/C15H18N2O3S/c1-10-3-4-12-11(7-10)8-13(21-12)15(19)20-9-14(18)17-6-2-5-16/h8,10H,2-4,6-7,9H2,1H3,(H,17,18)/t10-/m0/s1. The zero-order valence-corrected chi connectivity index (χ0v) is 12.8. The van der Waals surface area contributed by atoms with Gasteiger partial charge in [-0.05, 0) is 36.8 Å². The van der Waals surface area contributed by atoms with Gasteiger partial charge in [-0.1, -0.05) is 6.92 Å². The van der Waals surface area contributed by atoms with Gasteiger partial charge >= 0.3 is 5.97 Å². The summed E-state index contributed by atoms with van der Waals surface area (Å²) in [5.41, 5.74) is 1.24. The van der Waals surface area contributed by atoms with E-state index in [4.69, 9.17) is 10.00 Å². The summed E-state index contributed by atoms with van der Waals surface area (Å²) in [7, 11) is 0. The monoisotopic (exact) mass is 306 g/mol. The van der Waals surface area contributed by atoms with E-state index in [1.807, 2.05) is 12.1 Å². The van der Waals surface area contributed by atoms with E-state index in [0.717, 1.165) is 19.3 Å². The molecule has 1 aromatic rings. The summed E-state index contributed by atoms with van der Waals surface area (Å²) in [6.45, 7) is 2.19. The Balaban J connectivity index is 1.84. The highest BCUT2D eigenvalue weighted by Gasteiger charge is 2.21. The van der Waals surface area contributed by atoms with Crippen molar-refractivity contribution in [2.45, 2.75) is 32.6 Å². The second kappa shape index (κ2) is 7.23. The van der Waals surface area contributed by atoms with Crippen LogP contribution in [0.4, 0.5) is 0 Å². The van der Waals surface area contributed by atoms with Gasteiger partial charge in [-0.15, -0.1) is 11.3 Å². The van der Waals surface area contributed by atoms with E-state index >= 15 is 0 Å². The molecule has 1 aliphatic rings. The number of carbonyl (C=O) groups excluding carboxylic acids is 2. The first-order valence-corrected chi connectivity index (χ1v) is 7.84. The molecule has 0 fully saturated rings. The van der Waals surface area contributed by atoms with Crippen molar-refractivity contribution < 1.29 is 14.3 Å². The third-order valence-electron chi connectivity index (χ3n) is 3.42. The lowest BCUT2D eigenvalue weighted by Crippen LogP contribution is -2.29. The molecule has 112 valence electrons. The van der Waals surface area contributed by atoms with Gasteiger partial charge in [-0.3, -0.25) is 4.79 Å². The van der Waals surface area contributed by atoms with Crippen LogP contribution in [0.25, 0.3) is 0 Å². The number of esters is 1. The number of fused-ring (bicyclic) bond motifs is 1. The minimum absolute atomic E-state index is 0.246. The fraction of sp³-hybridized carbons (Fsp3) is 0.533. The van der Waals surface area contributed by atoms with Crippen LogP contribution in [0, 0.1) is 17.2 Å². The normalized spacial score (nSPS) is 16.7. The van der Waals surface area contributed by atoms with Crippen molar-refractivity contribution in [3.63, 3.8) is 0 Å². The zero-order valence-electron chi connectivity index (χ0n) is 12.0. The first kappa shape index (κ1) is 15.5. The molecule has 1 aliphatic carbocycles. The lowest BCUT2D eigenvalue weighted by Gasteiger charge is -2.16. The third kappa shape index (κ3) is 4.30. The molecule has 0 aliphatic heterocycles. The molecule has 0 saturated heterocycles. The number of thiophene rings is 1. The van der Waals surface area contributed by atoms with Crippen molar-refractivity contribution in [1.82, 2.24) is 5.32 Å². The Morgan fingerprint density at radius 1 is 1.57 bits per heavy atom. The van der Waals surface area contributed by atoms with Crippen molar-refractivity contribution >= 4 is 23.2 Å². The molecule has 0 unspecified atom stereocenters. The predicted molar refractivity (Wildman–Crippen MR) is 79.0 cm³/mol. The summed E-state index contributed by atoms with van der Waals surface area (Å²) in [6.07, 6.45) is 3.43. The molecule has 1 heterocycles. The highest BCUT2D eigenvalue weighted by molar-refractivity contribution is 7.14. The molecule has 1 atom stereocenters. The van der Waals surface area contributed by atoms with Crippen LogP contribution in [-0.2, 0) is 22.4 Å². The Morgan fingerprint density at radius 2 is 2.38 bits per heavy atom. The third-order valence-corrected chi connectivity index (χ3v) is 4.64. The minimum atomic E-state index is -0.447. The molecule has 5 nitrogen and oxygen atoms in total. The number of nitriles is 1. The fourth-order valence-corrected chi connectivity index (χ4v) is 3.42. The number of ether oxygens (including phenoxy) is 1. The first-order valence-electron chi connectivity index (χ1n) is 7.02. The number of amides is 1. The Hall–Kier alpha value is -1.87. The van der Waals surface area contributed by atoms with E-state index in [1.165, 1.54) is 21.8 Å². The maximum Gasteiger partial charge on any atom is 0.348 e. The van der Waals surface area contributed by atoms with Gasteiger partial charge in [-0.2, -0.15) is 5.26 Å². The van der Waals surface area contributed by atoms with Crippen molar-refractivity contribution in [3.05, 3.63) is 21.4 Å². The van der Waals surface area contributed by atoms with E-state index < -0.39 is 5.97 Å². The molecule has 1 aromatic heterocycles. The first-order chi connectivity index (χ1) is 10.1. The molecule has 0 bridgehead atoms. The van der Waals surface area contributed by atoms with Crippen molar-refractivity contribution in [2.24, 2.45) is 5.92 Å². The van der Waals surface area contributed by atoms with Crippen LogP contribution >= 0.6 is 11.3 Å². The van der Waals surface area contributed by atoms with Gasteiger partial charge in [0.25, 0.3) is 5.91 Å². The second-order valence-corrected chi connectivity index (χ2v) is 6.38. The van der Waals surface area contributed by atoms with E-state index in [-0.39, 0.29) is 25.5 Å². The maximum absolute atomic E-state index is 11.9. The van der Waals surface area contributed by atoms with Crippen LogP contribution in [-0.4, -0.2) is 25.0 Å². The lowest BCUT2D eigenvalue weighted by molar-refractivity contribution is -0.124. The van der Waals surface area contributed by atoms with Gasteiger partial charge in [0, 0.05) is 11.4 Å². The van der Waals surface area contributed by atoms with E-state index in [2.05, 4.69) is 12.2 Å². The molecule has 0 radical (unpaired) electrons. The topological polar surface area (TPSA) is 79.2 Å². The average molecular weight is 306 g/mol. The zero-order chi connectivity index (χ0) is 15.2. The minimum Gasteiger partial charge on any atom is -0.451 e. The van der Waals surface area contributed by atoms with Crippen molar-refractivity contribution in [3.8, 4) is 6.07 Å². The van der Waals surface area contributed by atoms with Crippen LogP contribution in [0.3, 0.4) is 0 Å². The Bertz CT molecular complexity index is 574. The van der Waals surface area contributed by atoms with E-state index in [9.17, 15) is 9.59 Å². The van der Waals surface area contributed by atoms with Gasteiger partial charge in [0.05, 0.1) is 12.5 Å². The SMILES string of the molecule is C[C@H]1CCc2sc(C(=O)OCC(=O)NCCC#N)cc2C1. The van der Waals surface area contributed by atoms with Gasteiger partial charge in [0.15, 0.2) is 6.61 Å². The molecule has 2 rings (SSSR count). The second-order valence-electron chi connectivity index (χ2n) is 5.24. The van der Waals surface area contributed by atoms with Crippen LogP contribution < -0.4 is 5.32 Å². The van der Waals surface area contributed by atoms with Gasteiger partial charge in [0.1, 0.15) is 4.88 Å². The number of nitrogens with one attached hydrogen (secondary N) is 1. The molecule has 0 saturated carbocycles. The Morgan fingerprint density at radius 3 is 3.14 bits per heavy atom. The summed E-state index contributed by atoms with van der Waals surface area (Å²) in [4.78, 5) is 25.2. The molecule has 1 amide bonds. The molecule has 0 aromatic carbocycles. The summed E-state index contributed by atoms with van der Waals surface area (Å²) in [6, 6.07) is 3.82. The molecule has 21 heavy (non-hydrogen) atoms. The molecular formula is C15H18N2O3S. The van der Waals surface area contributed by atoms with Crippen LogP contribution in [0.1, 0.15) is 39.9 Å². The van der Waals surface area contributed by atoms with Gasteiger partial charge in [-0.25, -0.2) is 4.79 Å². The quantitative estimate of drug-likeness (QED) is 0.667. The summed E-state index contributed by atoms with van der Waals surface area (Å²) >= 11 is 1.47. The number of aryl methyl sites for hydroxylation is 1. The van der Waals surface area contributed by atoms with Crippen LogP contribution in [0.5, 0.6) is 0 Å². The molecule has 0 spiro atoms. The Kier molecular flexibility index (Phi) is 5.34. The molecular weight excluding hydrogens is 288 g/mol.